The quantitative estimate of drug-likeness (QED) is 0.416. The normalized spacial score (nSPS) is 21.8. The van der Waals surface area contributed by atoms with Gasteiger partial charge in [0.05, 0.1) is 18.5 Å². The van der Waals surface area contributed by atoms with Crippen LogP contribution in [0.1, 0.15) is 13.3 Å². The minimum Gasteiger partial charge on any atom is -0.211 e. The highest BCUT2D eigenvalue weighted by atomic mass is 16.1. The fourth-order valence-electron chi connectivity index (χ4n) is 1.37. The van der Waals surface area contributed by atoms with Gasteiger partial charge in [0.25, 0.3) is 0 Å². The number of isocyanates is 2. The van der Waals surface area contributed by atoms with Crippen LogP contribution in [-0.4, -0.2) is 25.2 Å². The summed E-state index contributed by atoms with van der Waals surface area (Å²) in [5, 5.41) is 0. The first-order chi connectivity index (χ1) is 8.20. The lowest BCUT2D eigenvalue weighted by molar-refractivity contribution is 0.548. The van der Waals surface area contributed by atoms with Gasteiger partial charge in [-0.25, -0.2) is 19.6 Å². The van der Waals surface area contributed by atoms with Crippen molar-refractivity contribution in [2.24, 2.45) is 15.4 Å². The zero-order valence-corrected chi connectivity index (χ0v) is 9.56. The summed E-state index contributed by atoms with van der Waals surface area (Å²) in [6.45, 7) is 2.47. The molecule has 0 aromatic rings. The van der Waals surface area contributed by atoms with Crippen molar-refractivity contribution in [2.45, 2.75) is 13.3 Å². The van der Waals surface area contributed by atoms with Crippen LogP contribution in [0.25, 0.3) is 0 Å². The molecule has 1 rings (SSSR count). The summed E-state index contributed by atoms with van der Waals surface area (Å²) in [4.78, 5) is 27.2. The van der Waals surface area contributed by atoms with Crippen molar-refractivity contribution in [3.8, 4) is 11.8 Å². The van der Waals surface area contributed by atoms with E-state index in [0.717, 1.165) is 5.57 Å². The van der Waals surface area contributed by atoms with Gasteiger partial charge in [-0.2, -0.15) is 0 Å². The van der Waals surface area contributed by atoms with Crippen molar-refractivity contribution in [3.63, 3.8) is 0 Å². The van der Waals surface area contributed by atoms with E-state index in [1.807, 2.05) is 25.2 Å². The van der Waals surface area contributed by atoms with Gasteiger partial charge in [0.15, 0.2) is 0 Å². The fraction of sp³-hybridized carbons (Fsp3) is 0.385. The van der Waals surface area contributed by atoms with Crippen LogP contribution in [0.5, 0.6) is 0 Å². The number of rotatable bonds is 4. The lowest BCUT2D eigenvalue weighted by Crippen LogP contribution is -2.15. The van der Waals surface area contributed by atoms with Crippen molar-refractivity contribution in [1.29, 1.82) is 0 Å². The summed E-state index contributed by atoms with van der Waals surface area (Å²) < 4.78 is 0. The molecule has 0 fully saturated rings. The highest BCUT2D eigenvalue weighted by Gasteiger charge is 2.17. The third kappa shape index (κ3) is 4.44. The highest BCUT2D eigenvalue weighted by molar-refractivity contribution is 5.38. The second kappa shape index (κ2) is 6.40. The zero-order valence-electron chi connectivity index (χ0n) is 9.56. The number of allylic oxidation sites excluding steroid dienone is 1. The molecule has 0 N–H and O–H groups in total. The van der Waals surface area contributed by atoms with E-state index in [1.54, 1.807) is 0 Å². The number of carbonyl (C=O) groups excluding carboxylic acids is 2. The van der Waals surface area contributed by atoms with E-state index in [9.17, 15) is 9.59 Å². The molecule has 0 aromatic carbocycles. The Morgan fingerprint density at radius 2 is 2.18 bits per heavy atom. The largest absolute Gasteiger partial charge is 0.235 e. The van der Waals surface area contributed by atoms with Crippen molar-refractivity contribution < 1.29 is 9.59 Å². The molecule has 0 heterocycles. The Bertz CT molecular complexity index is 495. The van der Waals surface area contributed by atoms with Gasteiger partial charge >= 0.3 is 0 Å². The van der Waals surface area contributed by atoms with Crippen LogP contribution >= 0.6 is 0 Å². The molecule has 0 saturated carbocycles. The van der Waals surface area contributed by atoms with Gasteiger partial charge in [-0.15, -0.1) is 0 Å². The van der Waals surface area contributed by atoms with Crippen LogP contribution in [0.15, 0.2) is 33.8 Å². The summed E-state index contributed by atoms with van der Waals surface area (Å²) in [7, 11) is 0. The summed E-state index contributed by atoms with van der Waals surface area (Å²) in [5.41, 5.74) is 0.436. The van der Waals surface area contributed by atoms with Gasteiger partial charge in [-0.05, 0) is 12.5 Å². The van der Waals surface area contributed by atoms with Crippen LogP contribution in [0.4, 0.5) is 0 Å². The highest BCUT2D eigenvalue weighted by Crippen LogP contribution is 2.20. The molecule has 1 aliphatic rings. The van der Waals surface area contributed by atoms with Crippen molar-refractivity contribution in [2.75, 3.05) is 13.1 Å². The van der Waals surface area contributed by atoms with E-state index in [4.69, 9.17) is 0 Å². The standard InChI is InChI=1S/C13H12N2O2/c1-13(9-15-11-17)6-3-2-4-12(5-7-13)8-14-10-16/h4-5,7H,2,8-9H2,1H3. The van der Waals surface area contributed by atoms with Crippen LogP contribution in [-0.2, 0) is 9.59 Å². The number of hydrogen-bond acceptors (Lipinski definition) is 4. The minimum absolute atomic E-state index is 0.282. The van der Waals surface area contributed by atoms with Crippen LogP contribution in [0, 0.1) is 17.3 Å². The second-order valence-electron chi connectivity index (χ2n) is 3.85. The molecule has 0 saturated heterocycles. The molecule has 0 spiro atoms. The Balaban J connectivity index is 2.88. The average Bonchev–Trinajstić information content (AvgIpc) is 2.32. The molecule has 0 aromatic heterocycles. The second-order valence-corrected chi connectivity index (χ2v) is 3.85. The number of aliphatic imine (C=N–C) groups is 2. The minimum atomic E-state index is -0.470. The molecule has 1 aliphatic carbocycles. The first-order valence-corrected chi connectivity index (χ1v) is 5.16. The van der Waals surface area contributed by atoms with Gasteiger partial charge in [0.2, 0.25) is 12.2 Å². The summed E-state index contributed by atoms with van der Waals surface area (Å²) in [5.74, 6) is 6.03. The zero-order chi connectivity index (χ0) is 12.6. The van der Waals surface area contributed by atoms with Gasteiger partial charge in [-0.3, -0.25) is 0 Å². The Kier molecular flexibility index (Phi) is 4.84. The van der Waals surface area contributed by atoms with Gasteiger partial charge in [-0.1, -0.05) is 30.1 Å². The van der Waals surface area contributed by atoms with E-state index < -0.39 is 5.41 Å². The van der Waals surface area contributed by atoms with Crippen LogP contribution in [0.3, 0.4) is 0 Å². The Morgan fingerprint density at radius 1 is 1.41 bits per heavy atom. The SMILES string of the molecule is CC1(CN=C=O)C#CCC=C(CN=C=O)C=C1. The Hall–Kier alpha value is -2.20. The van der Waals surface area contributed by atoms with Gasteiger partial charge < -0.3 is 0 Å². The Morgan fingerprint density at radius 3 is 2.88 bits per heavy atom. The van der Waals surface area contributed by atoms with E-state index >= 15 is 0 Å². The van der Waals surface area contributed by atoms with Crippen LogP contribution in [0.2, 0.25) is 0 Å². The summed E-state index contributed by atoms with van der Waals surface area (Å²) in [6, 6.07) is 0. The molecule has 0 amide bonds. The first-order valence-electron chi connectivity index (χ1n) is 5.16. The van der Waals surface area contributed by atoms with Gasteiger partial charge in [0, 0.05) is 6.42 Å². The monoisotopic (exact) mass is 228 g/mol. The molecule has 0 radical (unpaired) electrons. The molecule has 1 unspecified atom stereocenters. The maximum absolute atomic E-state index is 10.1. The number of nitrogens with zero attached hydrogens (tertiary/aromatic N) is 2. The van der Waals surface area contributed by atoms with E-state index in [1.165, 1.54) is 12.2 Å². The molecule has 0 bridgehead atoms. The van der Waals surface area contributed by atoms with Crippen molar-refractivity contribution in [3.05, 3.63) is 23.8 Å². The number of hydrogen-bond donors (Lipinski definition) is 0. The topological polar surface area (TPSA) is 58.9 Å². The fourth-order valence-corrected chi connectivity index (χ4v) is 1.37. The molecule has 4 heteroatoms. The molecular formula is C13H12N2O2. The smallest absolute Gasteiger partial charge is 0.211 e. The van der Waals surface area contributed by atoms with Crippen molar-refractivity contribution >= 4 is 12.2 Å². The predicted octanol–water partition coefficient (Wildman–Crippen LogP) is 1.55. The maximum atomic E-state index is 10.1. The third-order valence-electron chi connectivity index (χ3n) is 2.30. The van der Waals surface area contributed by atoms with Crippen LogP contribution < -0.4 is 0 Å². The van der Waals surface area contributed by atoms with E-state index in [0.29, 0.717) is 13.0 Å². The van der Waals surface area contributed by atoms with E-state index in [-0.39, 0.29) is 6.54 Å². The molecule has 1 atom stereocenters. The Labute approximate surface area is 99.8 Å². The average molecular weight is 228 g/mol. The molecular weight excluding hydrogens is 216 g/mol. The van der Waals surface area contributed by atoms with Crippen molar-refractivity contribution in [1.82, 2.24) is 0 Å². The lowest BCUT2D eigenvalue weighted by atomic mass is 9.89. The van der Waals surface area contributed by atoms with Gasteiger partial charge in [0.1, 0.15) is 0 Å². The maximum Gasteiger partial charge on any atom is 0.235 e. The summed E-state index contributed by atoms with van der Waals surface area (Å²) in [6.07, 6.45) is 9.24. The summed E-state index contributed by atoms with van der Waals surface area (Å²) >= 11 is 0. The lowest BCUT2D eigenvalue weighted by Gasteiger charge is -2.16. The first kappa shape index (κ1) is 12.9. The molecule has 17 heavy (non-hydrogen) atoms. The molecule has 4 nitrogen and oxygen atoms in total. The van der Waals surface area contributed by atoms with E-state index in [2.05, 4.69) is 21.8 Å². The molecule has 86 valence electrons. The third-order valence-corrected chi connectivity index (χ3v) is 2.30. The molecule has 0 aliphatic heterocycles. The predicted molar refractivity (Wildman–Crippen MR) is 63.7 cm³/mol.